The van der Waals surface area contributed by atoms with Crippen molar-refractivity contribution >= 4 is 98.3 Å². The van der Waals surface area contributed by atoms with E-state index in [9.17, 15) is 32.2 Å². The summed E-state index contributed by atoms with van der Waals surface area (Å²) >= 11 is 3.57. The van der Waals surface area contributed by atoms with Gasteiger partial charge < -0.3 is 35.2 Å². The van der Waals surface area contributed by atoms with E-state index in [1.54, 1.807) is 64.7 Å². The Hall–Kier alpha value is -17.6. The molecule has 149 heavy (non-hydrogen) atoms. The van der Waals surface area contributed by atoms with E-state index >= 15 is 0 Å². The van der Waals surface area contributed by atoms with Gasteiger partial charge in [0.15, 0.2) is 19.7 Å². The third kappa shape index (κ3) is 19.6. The minimum atomic E-state index is -3.29. The number of aromatic nitrogens is 25. The zero-order chi connectivity index (χ0) is 104. The number of nitriles is 2. The van der Waals surface area contributed by atoms with E-state index in [0.29, 0.717) is 34.9 Å². The van der Waals surface area contributed by atoms with Crippen LogP contribution >= 0.6 is 15.9 Å². The van der Waals surface area contributed by atoms with E-state index in [4.69, 9.17) is 5.73 Å². The summed E-state index contributed by atoms with van der Waals surface area (Å²) in [6.07, 6.45) is 13.4. The first kappa shape index (κ1) is 98.8. The Labute approximate surface area is 867 Å². The number of nitrogens with zero attached hydrogens (tertiary/aromatic N) is 31. The Morgan fingerprint density at radius 3 is 0.960 bits per heavy atom. The van der Waals surface area contributed by atoms with E-state index in [2.05, 4.69) is 269 Å². The van der Waals surface area contributed by atoms with Crippen LogP contribution in [-0.2, 0) is 40.8 Å². The minimum Gasteiger partial charge on any atom is -0.384 e. The van der Waals surface area contributed by atoms with Crippen molar-refractivity contribution < 1.29 is 16.8 Å². The van der Waals surface area contributed by atoms with Crippen molar-refractivity contribution in [2.45, 2.75) is 109 Å². The Bertz CT molecular complexity index is 8510. The highest BCUT2D eigenvalue weighted by Crippen LogP contribution is 2.48. The van der Waals surface area contributed by atoms with Gasteiger partial charge in [-0.05, 0) is 233 Å². The molecule has 41 heteroatoms. The van der Waals surface area contributed by atoms with Crippen LogP contribution in [0.2, 0.25) is 0 Å². The Morgan fingerprint density at radius 1 is 0.349 bits per heavy atom. The molecule has 0 aliphatic carbocycles. The number of aryl methyl sites for hydroxylation is 8. The SMILES string of the molecule is Cc1nnc2n1-c1ccc(-c3ccc(=O)[nH]c3)cc1N(c1ccc(S(C)(=O)=O)cc1)C[C@H]2C.Cc1nnc2n1-c1ccc(-c3ccc(N)nc3)cc1N(c1cnn(C)c1)C[C@H]2C.Cc1nnc2n1-c1ccc(-c3cnn(C)n3)cc1N(c1ccc(C#N)cc1)C[C@@H]2C.Cc1nnc2n1-c1ccc(-c3cnn(C)n3)cc1N(c1ccc(C#N)cc1)C[C@H]2C.Cc1nnc2n1-c1ccc(Br)cc1N(c1ccc(S(C)(=O)=O)cc1)C[C@H]2C. The van der Waals surface area contributed by atoms with Crippen molar-refractivity contribution in [3.63, 3.8) is 0 Å². The van der Waals surface area contributed by atoms with Crippen LogP contribution in [0.15, 0.2) is 269 Å². The standard InChI is InChI=1S/C24H23N5O3S.2C22H20N8.C21H22N8.C19H19BrN4O2S/c1-15-14-28(19-6-8-20(9-7-19)33(3,31)32)22-12-17(18-5-11-23(30)25-13-18)4-10-21(22)29-16(2)26-27-24(15)29;2*1-14-13-29(18-7-4-16(11-23)5-8-18)21-10-17(19-12-24-28(3)27-19)6-9-20(21)30-15(2)25-26-22(14)30;1-13-11-28(17-10-24-27(3)12-17)19-8-15(16-5-7-20(22)23-9-16)4-6-18(19)29-14(2)25-26-21(13)29;1-12-11-23(15-5-7-16(8-6-15)27(3,25)26)18-10-14(20)4-9-17(18)24-13(2)21-22-19(12)24/h4-13,15H,14H2,1-3H3,(H,25,30);2*4-10,12,14H,13H2,1-3H3;4-10,12-13H,11H2,1-3H3,(H2,22,23);4-10,12H,11H2,1-3H3/t15-;2*14-;13-;12-/m11011/s1. The molecule has 0 unspecified atom stereocenters. The average molecular weight is 2090 g/mol. The van der Waals surface area contributed by atoms with Crippen LogP contribution in [0.4, 0.5) is 62.7 Å². The van der Waals surface area contributed by atoms with Crippen LogP contribution in [0.25, 0.3) is 73.2 Å². The predicted molar refractivity (Wildman–Crippen MR) is 574 cm³/mol. The van der Waals surface area contributed by atoms with E-state index in [1.807, 2.05) is 176 Å². The first-order chi connectivity index (χ1) is 71.6. The first-order valence-electron chi connectivity index (χ1n) is 48.2. The fourth-order valence-electron chi connectivity index (χ4n) is 19.6. The Balaban J connectivity index is 0.000000113. The lowest BCUT2D eigenvalue weighted by Gasteiger charge is -2.27. The number of hydrogen-bond acceptors (Lipinski definition) is 29. The summed E-state index contributed by atoms with van der Waals surface area (Å²) in [6.45, 7) is 24.1. The second kappa shape index (κ2) is 40.1. The average Bonchev–Trinajstić information content (AvgIpc) is 1.66. The van der Waals surface area contributed by atoms with Gasteiger partial charge in [-0.25, -0.2) is 21.8 Å². The smallest absolute Gasteiger partial charge is 0.247 e. The molecule has 750 valence electrons. The molecule has 0 saturated carbocycles. The third-order valence-corrected chi connectivity index (χ3v) is 29.8. The molecule has 5 aliphatic heterocycles. The number of rotatable bonds is 11. The summed E-state index contributed by atoms with van der Waals surface area (Å²) in [5.41, 5.74) is 29.5. The molecular weight excluding hydrogens is 1980 g/mol. The van der Waals surface area contributed by atoms with Crippen molar-refractivity contribution in [3.05, 3.63) is 334 Å². The number of nitrogens with two attached hydrogens (primary N) is 1. The normalized spacial score (nSPS) is 15.7. The van der Waals surface area contributed by atoms with E-state index in [-0.39, 0.29) is 40.0 Å². The number of H-pyrrole nitrogens is 1. The molecule has 0 spiro atoms. The lowest BCUT2D eigenvalue weighted by atomic mass is 10.0. The molecule has 10 aromatic heterocycles. The first-order valence-corrected chi connectivity index (χ1v) is 52.7. The summed E-state index contributed by atoms with van der Waals surface area (Å²) < 4.78 is 60.8. The molecule has 19 aromatic rings. The van der Waals surface area contributed by atoms with Gasteiger partial charge >= 0.3 is 0 Å². The topological polar surface area (TPSA) is 437 Å². The number of pyridine rings is 2. The summed E-state index contributed by atoms with van der Waals surface area (Å²) in [4.78, 5) is 33.4. The molecule has 5 aliphatic rings. The molecule has 0 saturated heterocycles. The Morgan fingerprint density at radius 2 is 0.658 bits per heavy atom. The lowest BCUT2D eigenvalue weighted by Crippen LogP contribution is -2.22. The summed E-state index contributed by atoms with van der Waals surface area (Å²) in [5, 5.41) is 83.8. The number of nitrogen functional groups attached to an aromatic ring is 1. The third-order valence-electron chi connectivity index (χ3n) is 27.0. The molecule has 0 bridgehead atoms. The number of fused-ring (bicyclic) bond motifs is 15. The quantitative estimate of drug-likeness (QED) is 0.121. The van der Waals surface area contributed by atoms with Crippen molar-refractivity contribution in [2.24, 2.45) is 21.1 Å². The fourth-order valence-corrected chi connectivity index (χ4v) is 21.2. The van der Waals surface area contributed by atoms with Gasteiger partial charge in [0.1, 0.15) is 75.4 Å². The van der Waals surface area contributed by atoms with Crippen molar-refractivity contribution in [3.8, 4) is 85.3 Å². The van der Waals surface area contributed by atoms with Crippen LogP contribution in [0.3, 0.4) is 0 Å². The van der Waals surface area contributed by atoms with Crippen LogP contribution < -0.4 is 35.8 Å². The molecule has 24 rings (SSSR count). The van der Waals surface area contributed by atoms with E-state index < -0.39 is 19.7 Å². The van der Waals surface area contributed by atoms with Gasteiger partial charge in [0.05, 0.1) is 114 Å². The van der Waals surface area contributed by atoms with E-state index in [1.165, 1.54) is 18.6 Å². The lowest BCUT2D eigenvalue weighted by molar-refractivity contribution is 0.600. The van der Waals surface area contributed by atoms with Gasteiger partial charge in [0, 0.05) is 165 Å². The van der Waals surface area contributed by atoms with Crippen LogP contribution in [-0.4, -0.2) is 186 Å². The molecular formula is C108H104BrN33O5S2. The number of halogens is 1. The molecule has 3 N–H and O–H groups in total. The Kier molecular flexibility index (Phi) is 26.6. The number of nitrogens with one attached hydrogen (secondary N) is 1. The highest BCUT2D eigenvalue weighted by molar-refractivity contribution is 9.10. The highest BCUT2D eigenvalue weighted by atomic mass is 79.9. The number of benzene rings is 9. The molecule has 15 heterocycles. The second-order valence-corrected chi connectivity index (χ2v) is 42.7. The molecule has 5 atom stereocenters. The molecule has 0 fully saturated rings. The number of aromatic amines is 1. The number of hydrogen-bond donors (Lipinski definition) is 2. The maximum atomic E-state index is 11.9. The van der Waals surface area contributed by atoms with Gasteiger partial charge in [-0.3, -0.25) is 32.3 Å². The summed E-state index contributed by atoms with van der Waals surface area (Å²) in [7, 11) is -0.958. The van der Waals surface area contributed by atoms with Crippen molar-refractivity contribution in [2.75, 3.05) is 75.5 Å². The van der Waals surface area contributed by atoms with Crippen LogP contribution in [0.1, 0.15) is 134 Å². The monoisotopic (exact) mass is 2090 g/mol. The second-order valence-electron chi connectivity index (χ2n) is 37.8. The van der Waals surface area contributed by atoms with Gasteiger partial charge in [0.2, 0.25) is 5.56 Å². The molecule has 0 amide bonds. The zero-order valence-electron chi connectivity index (χ0n) is 84.3. The number of sulfone groups is 2. The maximum absolute atomic E-state index is 11.9. The summed E-state index contributed by atoms with van der Waals surface area (Å²) in [5.74, 6) is 10.1. The van der Waals surface area contributed by atoms with Gasteiger partial charge in [-0.2, -0.15) is 45.6 Å². The van der Waals surface area contributed by atoms with E-state index in [0.717, 1.165) is 212 Å². The van der Waals surface area contributed by atoms with Crippen molar-refractivity contribution in [1.29, 1.82) is 10.5 Å². The van der Waals surface area contributed by atoms with Crippen LogP contribution in [0.5, 0.6) is 0 Å². The number of anilines is 11. The fraction of sp³-hybridized carbons (Fsp3) is 0.231. The zero-order valence-corrected chi connectivity index (χ0v) is 87.5. The molecule has 9 aromatic carbocycles. The van der Waals surface area contributed by atoms with Gasteiger partial charge in [0.25, 0.3) is 0 Å². The van der Waals surface area contributed by atoms with Crippen molar-refractivity contribution in [1.82, 2.24) is 124 Å². The van der Waals surface area contributed by atoms with Gasteiger partial charge in [-0.15, -0.1) is 51.0 Å². The molecule has 38 nitrogen and oxygen atoms in total. The largest absolute Gasteiger partial charge is 0.384 e. The molecule has 0 radical (unpaired) electrons. The maximum Gasteiger partial charge on any atom is 0.247 e. The highest BCUT2D eigenvalue weighted by Gasteiger charge is 2.37. The van der Waals surface area contributed by atoms with Gasteiger partial charge in [-0.1, -0.05) is 74.8 Å². The summed E-state index contributed by atoms with van der Waals surface area (Å²) in [6, 6.07) is 72.0. The minimum absolute atomic E-state index is 0.0738. The van der Waals surface area contributed by atoms with Crippen LogP contribution in [0, 0.1) is 57.3 Å². The predicted octanol–water partition coefficient (Wildman–Crippen LogP) is 17.8.